The minimum absolute atomic E-state index is 0.0584. The summed E-state index contributed by atoms with van der Waals surface area (Å²) < 4.78 is -0.495. The van der Waals surface area contributed by atoms with Gasteiger partial charge in [0.2, 0.25) is 0 Å². The van der Waals surface area contributed by atoms with Crippen molar-refractivity contribution in [2.75, 3.05) is 0 Å². The molecule has 0 fully saturated rings. The Kier molecular flexibility index (Phi) is 2.68. The highest BCUT2D eigenvalue weighted by atomic mass is 79.9. The third kappa shape index (κ3) is 2.18. The lowest BCUT2D eigenvalue weighted by molar-refractivity contribution is 0.0961. The molecule has 0 saturated heterocycles. The summed E-state index contributed by atoms with van der Waals surface area (Å²) in [6.07, 6.45) is 0. The van der Waals surface area contributed by atoms with E-state index in [0.29, 0.717) is 5.56 Å². The molecule has 1 aromatic carbocycles. The van der Waals surface area contributed by atoms with Gasteiger partial charge in [-0.1, -0.05) is 40.2 Å². The Morgan fingerprint density at radius 3 is 2.58 bits per heavy atom. The molecule has 1 rings (SSSR count). The van der Waals surface area contributed by atoms with E-state index >= 15 is 0 Å². The first-order chi connectivity index (χ1) is 5.52. The van der Waals surface area contributed by atoms with E-state index < -0.39 is 4.32 Å². The summed E-state index contributed by atoms with van der Waals surface area (Å²) >= 11 is 3.31. The van der Waals surface area contributed by atoms with Crippen molar-refractivity contribution in [3.63, 3.8) is 0 Å². The molecular formula is C10H10BrO. The quantitative estimate of drug-likeness (QED) is 0.559. The number of hydrogen-bond acceptors (Lipinski definition) is 1. The van der Waals surface area contributed by atoms with Crippen LogP contribution in [0.2, 0.25) is 0 Å². The monoisotopic (exact) mass is 225 g/mol. The van der Waals surface area contributed by atoms with Gasteiger partial charge in [-0.05, 0) is 19.9 Å². The molecule has 2 heteroatoms. The SMILES string of the molecule is CC(C)(Br)C(=O)c1[c]cccc1. The molecule has 63 valence electrons. The summed E-state index contributed by atoms with van der Waals surface area (Å²) in [5, 5.41) is 0. The number of rotatable bonds is 2. The van der Waals surface area contributed by atoms with Gasteiger partial charge in [-0.25, -0.2) is 0 Å². The molecule has 0 bridgehead atoms. The van der Waals surface area contributed by atoms with Crippen LogP contribution in [-0.4, -0.2) is 10.1 Å². The van der Waals surface area contributed by atoms with Crippen LogP contribution in [0.5, 0.6) is 0 Å². The first-order valence-electron chi connectivity index (χ1n) is 3.72. The van der Waals surface area contributed by atoms with Crippen LogP contribution >= 0.6 is 15.9 Å². The average molecular weight is 226 g/mol. The second-order valence-corrected chi connectivity index (χ2v) is 5.06. The van der Waals surface area contributed by atoms with E-state index in [1.807, 2.05) is 26.0 Å². The maximum atomic E-state index is 11.6. The molecule has 1 nitrogen and oxygen atoms in total. The van der Waals surface area contributed by atoms with Crippen LogP contribution in [0, 0.1) is 6.07 Å². The summed E-state index contributed by atoms with van der Waals surface area (Å²) in [5.41, 5.74) is 0.624. The van der Waals surface area contributed by atoms with Crippen molar-refractivity contribution >= 4 is 21.7 Å². The predicted molar refractivity (Wildman–Crippen MR) is 52.6 cm³/mol. The van der Waals surface area contributed by atoms with Crippen molar-refractivity contribution in [2.24, 2.45) is 0 Å². The van der Waals surface area contributed by atoms with Gasteiger partial charge in [-0.15, -0.1) is 0 Å². The number of hydrogen-bond donors (Lipinski definition) is 0. The van der Waals surface area contributed by atoms with Crippen LogP contribution < -0.4 is 0 Å². The normalized spacial score (nSPS) is 11.2. The minimum atomic E-state index is -0.495. The van der Waals surface area contributed by atoms with Crippen LogP contribution in [0.15, 0.2) is 24.3 Å². The lowest BCUT2D eigenvalue weighted by Crippen LogP contribution is -2.23. The number of ketones is 1. The Morgan fingerprint density at radius 1 is 1.50 bits per heavy atom. The van der Waals surface area contributed by atoms with Crippen molar-refractivity contribution in [1.82, 2.24) is 0 Å². The molecule has 0 saturated carbocycles. The van der Waals surface area contributed by atoms with Crippen molar-refractivity contribution < 1.29 is 4.79 Å². The Balaban J connectivity index is 2.94. The van der Waals surface area contributed by atoms with Crippen LogP contribution in [0.3, 0.4) is 0 Å². The van der Waals surface area contributed by atoms with Gasteiger partial charge >= 0.3 is 0 Å². The fourth-order valence-electron chi connectivity index (χ4n) is 0.855. The van der Waals surface area contributed by atoms with Crippen molar-refractivity contribution in [2.45, 2.75) is 18.2 Å². The Hall–Kier alpha value is -0.630. The molecule has 0 aliphatic rings. The highest BCUT2D eigenvalue weighted by molar-refractivity contribution is 9.10. The van der Waals surface area contributed by atoms with Gasteiger partial charge in [0.25, 0.3) is 0 Å². The number of alkyl halides is 1. The molecule has 0 aliphatic carbocycles. The van der Waals surface area contributed by atoms with Crippen LogP contribution in [0.25, 0.3) is 0 Å². The zero-order valence-corrected chi connectivity index (χ0v) is 8.68. The molecule has 0 amide bonds. The summed E-state index contributed by atoms with van der Waals surface area (Å²) in [5.74, 6) is 0.0584. The Labute approximate surface area is 80.9 Å². The Morgan fingerprint density at radius 2 is 2.17 bits per heavy atom. The molecule has 0 heterocycles. The van der Waals surface area contributed by atoms with Gasteiger partial charge in [0, 0.05) is 5.56 Å². The molecule has 0 aromatic heterocycles. The van der Waals surface area contributed by atoms with Gasteiger partial charge in [-0.3, -0.25) is 4.79 Å². The van der Waals surface area contributed by atoms with E-state index in [9.17, 15) is 4.79 Å². The Bertz CT molecular complexity index is 272. The van der Waals surface area contributed by atoms with Crippen molar-refractivity contribution in [1.29, 1.82) is 0 Å². The van der Waals surface area contributed by atoms with E-state index in [1.165, 1.54) is 0 Å². The zero-order chi connectivity index (χ0) is 9.19. The van der Waals surface area contributed by atoms with Gasteiger partial charge < -0.3 is 0 Å². The summed E-state index contributed by atoms with van der Waals surface area (Å²) in [7, 11) is 0. The van der Waals surface area contributed by atoms with Crippen molar-refractivity contribution in [3.05, 3.63) is 35.9 Å². The lowest BCUT2D eigenvalue weighted by Gasteiger charge is -2.13. The fraction of sp³-hybridized carbons (Fsp3) is 0.300. The number of carbonyl (C=O) groups excluding carboxylic acids is 1. The third-order valence-corrected chi connectivity index (χ3v) is 1.85. The van der Waals surface area contributed by atoms with E-state index in [2.05, 4.69) is 22.0 Å². The third-order valence-electron chi connectivity index (χ3n) is 1.49. The first kappa shape index (κ1) is 9.46. The first-order valence-corrected chi connectivity index (χ1v) is 4.51. The van der Waals surface area contributed by atoms with E-state index in [-0.39, 0.29) is 5.78 Å². The number of halogens is 1. The average Bonchev–Trinajstić information content (AvgIpc) is 2.03. The minimum Gasteiger partial charge on any atom is -0.293 e. The highest BCUT2D eigenvalue weighted by Crippen LogP contribution is 2.21. The molecule has 1 aromatic rings. The molecule has 1 radical (unpaired) electrons. The standard InChI is InChI=1S/C10H10BrO/c1-10(2,11)9(12)8-6-4-3-5-7-8/h3-6H,1-2H3. The maximum absolute atomic E-state index is 11.6. The van der Waals surface area contributed by atoms with Gasteiger partial charge in [0.05, 0.1) is 4.32 Å². The molecule has 0 unspecified atom stereocenters. The fourth-order valence-corrected chi connectivity index (χ4v) is 1.07. The van der Waals surface area contributed by atoms with Gasteiger partial charge in [0.15, 0.2) is 5.78 Å². The second kappa shape index (κ2) is 3.40. The summed E-state index contributed by atoms with van der Waals surface area (Å²) in [4.78, 5) is 11.6. The van der Waals surface area contributed by atoms with Crippen LogP contribution in [-0.2, 0) is 0 Å². The summed E-state index contributed by atoms with van der Waals surface area (Å²) in [6.45, 7) is 3.66. The topological polar surface area (TPSA) is 17.1 Å². The largest absolute Gasteiger partial charge is 0.293 e. The maximum Gasteiger partial charge on any atom is 0.179 e. The summed E-state index contributed by atoms with van der Waals surface area (Å²) in [6, 6.07) is 10.1. The van der Waals surface area contributed by atoms with Crippen LogP contribution in [0.1, 0.15) is 24.2 Å². The van der Waals surface area contributed by atoms with Crippen LogP contribution in [0.4, 0.5) is 0 Å². The van der Waals surface area contributed by atoms with Gasteiger partial charge in [-0.2, -0.15) is 0 Å². The number of Topliss-reactive ketones (excluding diaryl/α,β-unsaturated/α-hetero) is 1. The molecule has 12 heavy (non-hydrogen) atoms. The molecule has 0 spiro atoms. The second-order valence-electron chi connectivity index (χ2n) is 3.08. The predicted octanol–water partition coefficient (Wildman–Crippen LogP) is 2.84. The van der Waals surface area contributed by atoms with Gasteiger partial charge in [0.1, 0.15) is 0 Å². The number of carbonyl (C=O) groups is 1. The smallest absolute Gasteiger partial charge is 0.179 e. The molecular weight excluding hydrogens is 216 g/mol. The van der Waals surface area contributed by atoms with Crippen molar-refractivity contribution in [3.8, 4) is 0 Å². The van der Waals surface area contributed by atoms with E-state index in [4.69, 9.17) is 0 Å². The highest BCUT2D eigenvalue weighted by Gasteiger charge is 2.24. The molecule has 0 atom stereocenters. The van der Waals surface area contributed by atoms with E-state index in [1.54, 1.807) is 12.1 Å². The number of benzene rings is 1. The van der Waals surface area contributed by atoms with E-state index in [0.717, 1.165) is 0 Å². The lowest BCUT2D eigenvalue weighted by atomic mass is 10.0. The zero-order valence-electron chi connectivity index (χ0n) is 7.10. The molecule has 0 N–H and O–H groups in total. The molecule has 0 aliphatic heterocycles.